The Morgan fingerprint density at radius 2 is 1.05 bits per heavy atom. The Bertz CT molecular complexity index is 2050. The Hall–Kier alpha value is -3.97. The molecule has 0 saturated carbocycles. The molecule has 5 aromatic carbocycles. The van der Waals surface area contributed by atoms with Gasteiger partial charge in [-0.3, -0.25) is 0 Å². The Labute approximate surface area is 226 Å². The van der Waals surface area contributed by atoms with Crippen molar-refractivity contribution in [2.75, 3.05) is 0 Å². The third-order valence-electron chi connectivity index (χ3n) is 6.59. The van der Waals surface area contributed by atoms with Crippen LogP contribution in [0.4, 0.5) is 0 Å². The molecule has 38 heavy (non-hydrogen) atoms. The lowest BCUT2D eigenvalue weighted by atomic mass is 9.95. The van der Waals surface area contributed by atoms with Crippen molar-refractivity contribution in [2.24, 2.45) is 0 Å². The second kappa shape index (κ2) is 8.81. The maximum Gasteiger partial charge on any atom is 0.129 e. The SMILES string of the molecule is C[Si](C)(C)C#Cc1cc2nc3c4ccccc4c4ccc5ccccc5c4c3nc2cc1C#C[Si](C)(C)C. The van der Waals surface area contributed by atoms with Crippen LogP contribution in [0.2, 0.25) is 39.3 Å². The summed E-state index contributed by atoms with van der Waals surface area (Å²) in [6.07, 6.45) is 0. The first-order chi connectivity index (χ1) is 18.1. The monoisotopic (exact) mass is 522 g/mol. The fourth-order valence-electron chi connectivity index (χ4n) is 4.86. The zero-order valence-electron chi connectivity index (χ0n) is 22.8. The molecular formula is C34H30N2Si2. The van der Waals surface area contributed by atoms with E-state index >= 15 is 0 Å². The summed E-state index contributed by atoms with van der Waals surface area (Å²) >= 11 is 0. The van der Waals surface area contributed by atoms with E-state index in [2.05, 4.69) is 135 Å². The molecule has 0 aliphatic carbocycles. The maximum atomic E-state index is 5.30. The summed E-state index contributed by atoms with van der Waals surface area (Å²) in [7, 11) is -3.13. The lowest BCUT2D eigenvalue weighted by Gasteiger charge is -2.13. The zero-order chi connectivity index (χ0) is 26.7. The number of hydrogen-bond donors (Lipinski definition) is 0. The van der Waals surface area contributed by atoms with Crippen molar-refractivity contribution < 1.29 is 0 Å². The highest BCUT2D eigenvalue weighted by Gasteiger charge is 2.16. The minimum Gasteiger partial charge on any atom is -0.244 e. The lowest BCUT2D eigenvalue weighted by molar-refractivity contribution is 1.41. The average molecular weight is 523 g/mol. The van der Waals surface area contributed by atoms with Gasteiger partial charge in [-0.1, -0.05) is 112 Å². The topological polar surface area (TPSA) is 25.8 Å². The van der Waals surface area contributed by atoms with Gasteiger partial charge in [0, 0.05) is 21.9 Å². The molecular weight excluding hydrogens is 493 g/mol. The summed E-state index contributed by atoms with van der Waals surface area (Å²) in [6, 6.07) is 25.7. The van der Waals surface area contributed by atoms with Crippen molar-refractivity contribution in [1.82, 2.24) is 9.97 Å². The van der Waals surface area contributed by atoms with Gasteiger partial charge in [0.25, 0.3) is 0 Å². The summed E-state index contributed by atoms with van der Waals surface area (Å²) in [4.78, 5) is 10.6. The van der Waals surface area contributed by atoms with Gasteiger partial charge in [-0.25, -0.2) is 9.97 Å². The van der Waals surface area contributed by atoms with Gasteiger partial charge in [-0.2, -0.15) is 0 Å². The third kappa shape index (κ3) is 4.47. The molecule has 6 rings (SSSR count). The van der Waals surface area contributed by atoms with Crippen LogP contribution in [0.15, 0.2) is 72.8 Å². The molecule has 0 fully saturated rings. The molecule has 0 spiro atoms. The second-order valence-corrected chi connectivity index (χ2v) is 21.6. The molecule has 0 N–H and O–H groups in total. The van der Waals surface area contributed by atoms with Gasteiger partial charge in [0.1, 0.15) is 16.1 Å². The van der Waals surface area contributed by atoms with Gasteiger partial charge in [0.2, 0.25) is 0 Å². The van der Waals surface area contributed by atoms with E-state index in [1.807, 2.05) is 0 Å². The summed E-state index contributed by atoms with van der Waals surface area (Å²) < 4.78 is 0. The first-order valence-electron chi connectivity index (χ1n) is 13.1. The predicted octanol–water partition coefficient (Wildman–Crippen LogP) is 8.70. The molecule has 0 amide bonds. The van der Waals surface area contributed by atoms with Crippen molar-refractivity contribution in [2.45, 2.75) is 39.3 Å². The van der Waals surface area contributed by atoms with E-state index in [-0.39, 0.29) is 0 Å². The number of hydrogen-bond acceptors (Lipinski definition) is 2. The molecule has 0 atom stereocenters. The second-order valence-electron chi connectivity index (χ2n) is 12.1. The molecule has 0 unspecified atom stereocenters. The van der Waals surface area contributed by atoms with E-state index < -0.39 is 16.1 Å². The van der Waals surface area contributed by atoms with Gasteiger partial charge >= 0.3 is 0 Å². The zero-order valence-corrected chi connectivity index (χ0v) is 24.8. The number of rotatable bonds is 0. The molecule has 2 nitrogen and oxygen atoms in total. The van der Waals surface area contributed by atoms with E-state index in [0.29, 0.717) is 0 Å². The number of aromatic nitrogens is 2. The molecule has 0 radical (unpaired) electrons. The van der Waals surface area contributed by atoms with Crippen LogP contribution in [0.3, 0.4) is 0 Å². The number of benzene rings is 5. The minimum atomic E-state index is -1.57. The van der Waals surface area contributed by atoms with Gasteiger partial charge in [0.15, 0.2) is 0 Å². The average Bonchev–Trinajstić information content (AvgIpc) is 2.88. The van der Waals surface area contributed by atoms with Crippen LogP contribution in [0.5, 0.6) is 0 Å². The smallest absolute Gasteiger partial charge is 0.129 e. The summed E-state index contributed by atoms with van der Waals surface area (Å²) in [6.45, 7) is 13.6. The summed E-state index contributed by atoms with van der Waals surface area (Å²) in [5.74, 6) is 6.96. The van der Waals surface area contributed by atoms with Crippen LogP contribution in [0, 0.1) is 22.9 Å². The van der Waals surface area contributed by atoms with E-state index in [4.69, 9.17) is 9.97 Å². The molecule has 0 aliphatic heterocycles. The fraction of sp³-hybridized carbons (Fsp3) is 0.176. The summed E-state index contributed by atoms with van der Waals surface area (Å²) in [5, 5.41) is 7.09. The van der Waals surface area contributed by atoms with Gasteiger partial charge < -0.3 is 0 Å². The normalized spacial score (nSPS) is 12.1. The predicted molar refractivity (Wildman–Crippen MR) is 170 cm³/mol. The van der Waals surface area contributed by atoms with Gasteiger partial charge in [0.05, 0.1) is 22.1 Å². The van der Waals surface area contributed by atoms with Crippen LogP contribution >= 0.6 is 0 Å². The molecule has 0 saturated heterocycles. The highest BCUT2D eigenvalue weighted by molar-refractivity contribution is 6.84. The Morgan fingerprint density at radius 3 is 1.66 bits per heavy atom. The largest absolute Gasteiger partial charge is 0.244 e. The molecule has 1 heterocycles. The van der Waals surface area contributed by atoms with Crippen LogP contribution < -0.4 is 0 Å². The first-order valence-corrected chi connectivity index (χ1v) is 20.1. The molecule has 0 bridgehead atoms. The number of fused-ring (bicyclic) bond motifs is 9. The van der Waals surface area contributed by atoms with Crippen molar-refractivity contribution in [1.29, 1.82) is 0 Å². The standard InChI is InChI=1S/C34H30N2Si2/c1-37(2,3)19-17-24-21-30-31(22-25(24)18-20-38(4,5)6)36-34-32-26-12-8-7-11-23(26)15-16-28(32)27-13-9-10-14-29(27)33(34)35-30/h7-16,21-22H,1-6H3. The van der Waals surface area contributed by atoms with E-state index in [1.54, 1.807) is 0 Å². The van der Waals surface area contributed by atoms with Crippen molar-refractivity contribution in [3.05, 3.63) is 83.9 Å². The summed E-state index contributed by atoms with van der Waals surface area (Å²) in [5.41, 5.74) is 12.6. The van der Waals surface area contributed by atoms with E-state index in [1.165, 1.54) is 21.5 Å². The highest BCUT2D eigenvalue weighted by atomic mass is 28.3. The number of nitrogens with zero attached hydrogens (tertiary/aromatic N) is 2. The van der Waals surface area contributed by atoms with Crippen LogP contribution in [0.25, 0.3) is 54.4 Å². The van der Waals surface area contributed by atoms with Crippen LogP contribution in [-0.2, 0) is 0 Å². The molecule has 6 aromatic rings. The van der Waals surface area contributed by atoms with Crippen molar-refractivity contribution in [3.63, 3.8) is 0 Å². The maximum absolute atomic E-state index is 5.30. The molecule has 0 aliphatic rings. The molecule has 4 heteroatoms. The highest BCUT2D eigenvalue weighted by Crippen LogP contribution is 2.38. The minimum absolute atomic E-state index is 0.862. The van der Waals surface area contributed by atoms with E-state index in [9.17, 15) is 0 Å². The fourth-order valence-corrected chi connectivity index (χ4v) is 5.88. The Balaban J connectivity index is 1.77. The van der Waals surface area contributed by atoms with E-state index in [0.717, 1.165) is 44.0 Å². The lowest BCUT2D eigenvalue weighted by Crippen LogP contribution is -2.17. The first kappa shape index (κ1) is 24.4. The van der Waals surface area contributed by atoms with Gasteiger partial charge in [-0.15, -0.1) is 11.1 Å². The molecule has 184 valence electrons. The Morgan fingerprint density at radius 1 is 0.526 bits per heavy atom. The Kier molecular flexibility index (Phi) is 5.65. The van der Waals surface area contributed by atoms with Crippen LogP contribution in [-0.4, -0.2) is 26.1 Å². The van der Waals surface area contributed by atoms with Crippen LogP contribution in [0.1, 0.15) is 11.1 Å². The van der Waals surface area contributed by atoms with Gasteiger partial charge in [-0.05, 0) is 33.7 Å². The third-order valence-corrected chi connectivity index (χ3v) is 8.34. The van der Waals surface area contributed by atoms with Crippen molar-refractivity contribution in [3.8, 4) is 22.9 Å². The van der Waals surface area contributed by atoms with Crippen molar-refractivity contribution >= 4 is 70.5 Å². The molecule has 1 aromatic heterocycles. The quantitative estimate of drug-likeness (QED) is 0.0863.